The summed E-state index contributed by atoms with van der Waals surface area (Å²) in [4.78, 5) is 2.13. The Hall–Kier alpha value is -1.51. The van der Waals surface area contributed by atoms with E-state index in [4.69, 9.17) is 11.1 Å². The topological polar surface area (TPSA) is 53.1 Å². The SMILES string of the molecule is Cc1ccc(C(=N)N)c(N(C)C(C)C)c1. The Morgan fingerprint density at radius 3 is 2.47 bits per heavy atom. The summed E-state index contributed by atoms with van der Waals surface area (Å²) < 4.78 is 0. The van der Waals surface area contributed by atoms with Crippen LogP contribution in [-0.4, -0.2) is 18.9 Å². The molecule has 0 bridgehead atoms. The number of nitrogens with two attached hydrogens (primary N) is 1. The van der Waals surface area contributed by atoms with Gasteiger partial charge in [0.05, 0.1) is 0 Å². The Bertz CT molecular complexity index is 369. The number of hydrogen-bond donors (Lipinski definition) is 2. The molecule has 82 valence electrons. The molecule has 1 aromatic rings. The molecule has 0 aliphatic heterocycles. The van der Waals surface area contributed by atoms with Crippen molar-refractivity contribution in [3.8, 4) is 0 Å². The second-order valence-corrected chi connectivity index (χ2v) is 4.14. The maximum absolute atomic E-state index is 7.53. The van der Waals surface area contributed by atoms with Gasteiger partial charge in [0.2, 0.25) is 0 Å². The van der Waals surface area contributed by atoms with E-state index in [0.29, 0.717) is 6.04 Å². The number of aryl methyl sites for hydroxylation is 1. The van der Waals surface area contributed by atoms with Crippen LogP contribution in [0.4, 0.5) is 5.69 Å². The Balaban J connectivity index is 3.24. The average Bonchev–Trinajstić information content (AvgIpc) is 2.15. The van der Waals surface area contributed by atoms with Gasteiger partial charge in [0, 0.05) is 24.3 Å². The minimum absolute atomic E-state index is 0.123. The zero-order chi connectivity index (χ0) is 11.6. The number of nitrogens with one attached hydrogen (secondary N) is 1. The molecule has 3 nitrogen and oxygen atoms in total. The Morgan fingerprint density at radius 1 is 1.40 bits per heavy atom. The molecule has 1 aromatic carbocycles. The number of hydrogen-bond acceptors (Lipinski definition) is 2. The van der Waals surface area contributed by atoms with Crippen molar-refractivity contribution in [1.82, 2.24) is 0 Å². The van der Waals surface area contributed by atoms with Gasteiger partial charge in [-0.05, 0) is 38.5 Å². The molecule has 1 rings (SSSR count). The lowest BCUT2D eigenvalue weighted by molar-refractivity contribution is 0.753. The van der Waals surface area contributed by atoms with Gasteiger partial charge in [-0.2, -0.15) is 0 Å². The minimum Gasteiger partial charge on any atom is -0.384 e. The van der Waals surface area contributed by atoms with Crippen molar-refractivity contribution in [1.29, 1.82) is 5.41 Å². The van der Waals surface area contributed by atoms with Crippen molar-refractivity contribution >= 4 is 11.5 Å². The number of nitrogen functional groups attached to an aromatic ring is 1. The van der Waals surface area contributed by atoms with Crippen LogP contribution in [0.3, 0.4) is 0 Å². The highest BCUT2D eigenvalue weighted by Gasteiger charge is 2.11. The first-order chi connectivity index (χ1) is 6.93. The Kier molecular flexibility index (Phi) is 3.35. The molecule has 3 heteroatoms. The second kappa shape index (κ2) is 4.34. The third-order valence-corrected chi connectivity index (χ3v) is 2.60. The molecular weight excluding hydrogens is 186 g/mol. The number of rotatable bonds is 3. The van der Waals surface area contributed by atoms with Gasteiger partial charge >= 0.3 is 0 Å². The van der Waals surface area contributed by atoms with Gasteiger partial charge < -0.3 is 10.6 Å². The first-order valence-corrected chi connectivity index (χ1v) is 5.11. The van der Waals surface area contributed by atoms with E-state index in [1.165, 1.54) is 5.56 Å². The van der Waals surface area contributed by atoms with Gasteiger partial charge in [-0.1, -0.05) is 6.07 Å². The summed E-state index contributed by atoms with van der Waals surface area (Å²) in [7, 11) is 2.02. The van der Waals surface area contributed by atoms with Crippen LogP contribution in [0.25, 0.3) is 0 Å². The van der Waals surface area contributed by atoms with E-state index in [2.05, 4.69) is 24.8 Å². The van der Waals surface area contributed by atoms with E-state index >= 15 is 0 Å². The number of benzene rings is 1. The first-order valence-electron chi connectivity index (χ1n) is 5.11. The zero-order valence-corrected chi connectivity index (χ0v) is 9.83. The molecule has 0 unspecified atom stereocenters. The van der Waals surface area contributed by atoms with Crippen LogP contribution >= 0.6 is 0 Å². The molecule has 0 radical (unpaired) electrons. The lowest BCUT2D eigenvalue weighted by Gasteiger charge is -2.26. The lowest BCUT2D eigenvalue weighted by Crippen LogP contribution is -2.28. The van der Waals surface area contributed by atoms with Crippen molar-refractivity contribution in [2.24, 2.45) is 5.73 Å². The fraction of sp³-hybridized carbons (Fsp3) is 0.417. The fourth-order valence-corrected chi connectivity index (χ4v) is 1.44. The van der Waals surface area contributed by atoms with Crippen LogP contribution in [-0.2, 0) is 0 Å². The van der Waals surface area contributed by atoms with Crippen LogP contribution in [0.1, 0.15) is 25.0 Å². The van der Waals surface area contributed by atoms with E-state index < -0.39 is 0 Å². The summed E-state index contributed by atoms with van der Waals surface area (Å²) in [5.41, 5.74) is 8.57. The molecule has 0 saturated carbocycles. The lowest BCUT2D eigenvalue weighted by atomic mass is 10.1. The van der Waals surface area contributed by atoms with Crippen molar-refractivity contribution in [3.63, 3.8) is 0 Å². The summed E-state index contributed by atoms with van der Waals surface area (Å²) in [5.74, 6) is 0.123. The highest BCUT2D eigenvalue weighted by Crippen LogP contribution is 2.22. The molecule has 0 aliphatic rings. The van der Waals surface area contributed by atoms with Gasteiger partial charge in [-0.3, -0.25) is 5.41 Å². The molecular formula is C12H19N3. The third kappa shape index (κ3) is 2.49. The predicted molar refractivity (Wildman–Crippen MR) is 65.7 cm³/mol. The molecule has 0 saturated heterocycles. The van der Waals surface area contributed by atoms with Gasteiger partial charge in [0.15, 0.2) is 0 Å². The van der Waals surface area contributed by atoms with E-state index in [1.807, 2.05) is 26.1 Å². The second-order valence-electron chi connectivity index (χ2n) is 4.14. The summed E-state index contributed by atoms with van der Waals surface area (Å²) >= 11 is 0. The fourth-order valence-electron chi connectivity index (χ4n) is 1.44. The predicted octanol–water partition coefficient (Wildman–Crippen LogP) is 2.12. The number of nitrogens with zero attached hydrogens (tertiary/aromatic N) is 1. The maximum atomic E-state index is 7.53. The van der Waals surface area contributed by atoms with Crippen molar-refractivity contribution in [2.75, 3.05) is 11.9 Å². The average molecular weight is 205 g/mol. The Morgan fingerprint density at radius 2 is 2.00 bits per heavy atom. The summed E-state index contributed by atoms with van der Waals surface area (Å²) in [6, 6.07) is 6.35. The van der Waals surface area contributed by atoms with E-state index in [1.54, 1.807) is 0 Å². The molecule has 0 fully saturated rings. The van der Waals surface area contributed by atoms with Crippen LogP contribution < -0.4 is 10.6 Å². The van der Waals surface area contributed by atoms with E-state index in [-0.39, 0.29) is 5.84 Å². The number of anilines is 1. The molecule has 0 heterocycles. The maximum Gasteiger partial charge on any atom is 0.124 e. The highest BCUT2D eigenvalue weighted by molar-refractivity contribution is 6.00. The van der Waals surface area contributed by atoms with Crippen LogP contribution in [0.5, 0.6) is 0 Å². The summed E-state index contributed by atoms with van der Waals surface area (Å²) in [5, 5.41) is 7.53. The van der Waals surface area contributed by atoms with Gasteiger partial charge in [0.25, 0.3) is 0 Å². The standard InChI is InChI=1S/C12H19N3/c1-8(2)15(4)11-7-9(3)5-6-10(11)12(13)14/h5-8H,1-4H3,(H3,13,14). The first kappa shape index (κ1) is 11.6. The van der Waals surface area contributed by atoms with Crippen LogP contribution in [0, 0.1) is 12.3 Å². The van der Waals surface area contributed by atoms with Crippen molar-refractivity contribution in [3.05, 3.63) is 29.3 Å². The zero-order valence-electron chi connectivity index (χ0n) is 9.83. The number of amidine groups is 1. The minimum atomic E-state index is 0.123. The molecule has 3 N–H and O–H groups in total. The molecule has 0 aromatic heterocycles. The smallest absolute Gasteiger partial charge is 0.124 e. The quantitative estimate of drug-likeness (QED) is 0.586. The molecule has 15 heavy (non-hydrogen) atoms. The molecule has 0 spiro atoms. The van der Waals surface area contributed by atoms with Crippen molar-refractivity contribution < 1.29 is 0 Å². The monoisotopic (exact) mass is 205 g/mol. The van der Waals surface area contributed by atoms with E-state index in [9.17, 15) is 0 Å². The Labute approximate surface area is 91.4 Å². The normalized spacial score (nSPS) is 10.5. The van der Waals surface area contributed by atoms with Gasteiger partial charge in [0.1, 0.15) is 5.84 Å². The molecule has 0 atom stereocenters. The van der Waals surface area contributed by atoms with Gasteiger partial charge in [-0.25, -0.2) is 0 Å². The largest absolute Gasteiger partial charge is 0.384 e. The van der Waals surface area contributed by atoms with Crippen LogP contribution in [0.2, 0.25) is 0 Å². The van der Waals surface area contributed by atoms with Crippen molar-refractivity contribution in [2.45, 2.75) is 26.8 Å². The van der Waals surface area contributed by atoms with E-state index in [0.717, 1.165) is 11.3 Å². The summed E-state index contributed by atoms with van der Waals surface area (Å²) in [6.45, 7) is 6.28. The molecule has 0 amide bonds. The highest BCUT2D eigenvalue weighted by atomic mass is 15.1. The third-order valence-electron chi connectivity index (χ3n) is 2.60. The molecule has 0 aliphatic carbocycles. The summed E-state index contributed by atoms with van der Waals surface area (Å²) in [6.07, 6.45) is 0. The van der Waals surface area contributed by atoms with Gasteiger partial charge in [-0.15, -0.1) is 0 Å². The van der Waals surface area contributed by atoms with Crippen LogP contribution in [0.15, 0.2) is 18.2 Å².